The molecular weight excluding hydrogens is 368 g/mol. The predicted octanol–water partition coefficient (Wildman–Crippen LogP) is 2.51. The monoisotopic (exact) mass is 394 g/mol. The molecule has 0 bridgehead atoms. The lowest BCUT2D eigenvalue weighted by atomic mass is 9.95. The highest BCUT2D eigenvalue weighted by molar-refractivity contribution is 5.56. The minimum absolute atomic E-state index is 0.262. The average molecular weight is 394 g/mol. The quantitative estimate of drug-likeness (QED) is 0.670. The van der Waals surface area contributed by atoms with Crippen LogP contribution in [0.1, 0.15) is 23.3 Å². The van der Waals surface area contributed by atoms with Gasteiger partial charge in [0.15, 0.2) is 0 Å². The molecule has 2 unspecified atom stereocenters. The van der Waals surface area contributed by atoms with Crippen LogP contribution in [0.2, 0.25) is 0 Å². The first-order chi connectivity index (χ1) is 13.4. The lowest BCUT2D eigenvalue weighted by Crippen LogP contribution is -2.15. The van der Waals surface area contributed by atoms with Gasteiger partial charge < -0.3 is 38.6 Å². The smallest absolute Gasteiger partial charge is 0.132 e. The van der Waals surface area contributed by atoms with Crippen molar-refractivity contribution in [2.24, 2.45) is 0 Å². The van der Waals surface area contributed by atoms with Gasteiger partial charge in [0.1, 0.15) is 46.7 Å². The van der Waals surface area contributed by atoms with Crippen molar-refractivity contribution in [1.82, 2.24) is 0 Å². The van der Waals surface area contributed by atoms with Crippen LogP contribution in [0.4, 0.5) is 0 Å². The molecule has 0 aromatic heterocycles. The van der Waals surface area contributed by atoms with Crippen LogP contribution in [0.15, 0.2) is 24.3 Å². The fourth-order valence-electron chi connectivity index (χ4n) is 2.96. The van der Waals surface area contributed by atoms with Crippen LogP contribution in [0, 0.1) is 0 Å². The Kier molecular flexibility index (Phi) is 7.19. The third-order valence-corrected chi connectivity index (χ3v) is 4.40. The zero-order valence-electron chi connectivity index (χ0n) is 16.8. The highest BCUT2D eigenvalue weighted by Gasteiger charge is 2.32. The lowest BCUT2D eigenvalue weighted by Gasteiger charge is -2.25. The maximum Gasteiger partial charge on any atom is 0.132 e. The van der Waals surface area contributed by atoms with Gasteiger partial charge in [-0.25, -0.2) is 0 Å². The number of hydrogen-bond acceptors (Lipinski definition) is 8. The Labute approximate surface area is 164 Å². The van der Waals surface area contributed by atoms with E-state index in [4.69, 9.17) is 28.4 Å². The van der Waals surface area contributed by atoms with Crippen LogP contribution in [0.3, 0.4) is 0 Å². The summed E-state index contributed by atoms with van der Waals surface area (Å²) >= 11 is 0. The van der Waals surface area contributed by atoms with E-state index in [2.05, 4.69) is 0 Å². The minimum atomic E-state index is -1.41. The molecule has 2 rings (SSSR count). The Morgan fingerprint density at radius 2 is 0.750 bits per heavy atom. The van der Waals surface area contributed by atoms with E-state index >= 15 is 0 Å². The molecule has 154 valence electrons. The normalized spacial score (nSPS) is 12.7. The number of aliphatic hydroxyl groups excluding tert-OH is 2. The molecule has 0 amide bonds. The second kappa shape index (κ2) is 9.38. The molecule has 0 saturated heterocycles. The third kappa shape index (κ3) is 4.02. The summed E-state index contributed by atoms with van der Waals surface area (Å²) in [6.07, 6.45) is -2.82. The van der Waals surface area contributed by atoms with E-state index in [9.17, 15) is 10.2 Å². The standard InChI is InChI=1S/C20H26O8/c1-23-11-7-13(25-3)17(14(8-11)26-4)19(21)20(22)18-15(27-5)9-12(24-2)10-16(18)28-6/h7-10,19-22H,1-6H3. The van der Waals surface area contributed by atoms with E-state index < -0.39 is 12.2 Å². The summed E-state index contributed by atoms with van der Waals surface area (Å²) in [7, 11) is 8.81. The van der Waals surface area contributed by atoms with Gasteiger partial charge in [0.05, 0.1) is 53.8 Å². The average Bonchev–Trinajstić information content (AvgIpc) is 2.75. The van der Waals surface area contributed by atoms with Crippen LogP contribution in [0.25, 0.3) is 0 Å². The second-order valence-corrected chi connectivity index (χ2v) is 5.78. The number of rotatable bonds is 9. The summed E-state index contributed by atoms with van der Waals surface area (Å²) in [6, 6.07) is 6.37. The Morgan fingerprint density at radius 3 is 0.929 bits per heavy atom. The van der Waals surface area contributed by atoms with Gasteiger partial charge in [-0.15, -0.1) is 0 Å². The Balaban J connectivity index is 2.61. The molecule has 0 aliphatic rings. The van der Waals surface area contributed by atoms with Gasteiger partial charge in [-0.1, -0.05) is 0 Å². The SMILES string of the molecule is COc1cc(OC)c(C(O)C(O)c2c(OC)cc(OC)cc2OC)c(OC)c1. The van der Waals surface area contributed by atoms with Crippen LogP contribution in [0.5, 0.6) is 34.5 Å². The maximum absolute atomic E-state index is 11.0. The molecule has 8 nitrogen and oxygen atoms in total. The molecular formula is C20H26O8. The molecule has 2 atom stereocenters. The van der Waals surface area contributed by atoms with Crippen molar-refractivity contribution in [2.75, 3.05) is 42.7 Å². The van der Waals surface area contributed by atoms with Gasteiger partial charge >= 0.3 is 0 Å². The molecule has 0 aliphatic carbocycles. The largest absolute Gasteiger partial charge is 0.496 e. The first-order valence-electron chi connectivity index (χ1n) is 8.41. The maximum atomic E-state index is 11.0. The van der Waals surface area contributed by atoms with Crippen molar-refractivity contribution < 1.29 is 38.6 Å². The van der Waals surface area contributed by atoms with E-state index in [0.29, 0.717) is 34.5 Å². The summed E-state index contributed by atoms with van der Waals surface area (Å²) in [4.78, 5) is 0. The van der Waals surface area contributed by atoms with E-state index in [0.717, 1.165) is 0 Å². The van der Waals surface area contributed by atoms with E-state index in [1.807, 2.05) is 0 Å². The molecule has 0 saturated carbocycles. The highest BCUT2D eigenvalue weighted by atomic mass is 16.5. The van der Waals surface area contributed by atoms with Gasteiger partial charge in [-0.2, -0.15) is 0 Å². The van der Waals surface area contributed by atoms with Crippen molar-refractivity contribution in [3.05, 3.63) is 35.4 Å². The second-order valence-electron chi connectivity index (χ2n) is 5.78. The van der Waals surface area contributed by atoms with Crippen molar-refractivity contribution in [3.63, 3.8) is 0 Å². The van der Waals surface area contributed by atoms with Crippen molar-refractivity contribution >= 4 is 0 Å². The van der Waals surface area contributed by atoms with Crippen LogP contribution < -0.4 is 28.4 Å². The highest BCUT2D eigenvalue weighted by Crippen LogP contribution is 2.47. The van der Waals surface area contributed by atoms with Crippen LogP contribution in [-0.2, 0) is 0 Å². The number of ether oxygens (including phenoxy) is 6. The number of benzene rings is 2. The molecule has 28 heavy (non-hydrogen) atoms. The van der Waals surface area contributed by atoms with Crippen molar-refractivity contribution in [1.29, 1.82) is 0 Å². The molecule has 2 aromatic carbocycles. The Bertz CT molecular complexity index is 687. The van der Waals surface area contributed by atoms with Gasteiger partial charge in [-0.05, 0) is 0 Å². The van der Waals surface area contributed by atoms with Gasteiger partial charge in [0.2, 0.25) is 0 Å². The molecule has 2 aromatic rings. The molecule has 0 aliphatic heterocycles. The lowest BCUT2D eigenvalue weighted by molar-refractivity contribution is 0.0116. The molecule has 0 spiro atoms. The molecule has 0 heterocycles. The summed E-state index contributed by atoms with van der Waals surface area (Å²) in [5, 5.41) is 22.0. The van der Waals surface area contributed by atoms with E-state index in [-0.39, 0.29) is 11.1 Å². The van der Waals surface area contributed by atoms with Gasteiger partial charge in [-0.3, -0.25) is 0 Å². The first kappa shape index (κ1) is 21.5. The fraction of sp³-hybridized carbons (Fsp3) is 0.400. The fourth-order valence-corrected chi connectivity index (χ4v) is 2.96. The molecule has 0 fully saturated rings. The first-order valence-corrected chi connectivity index (χ1v) is 8.41. The zero-order chi connectivity index (χ0) is 20.8. The van der Waals surface area contributed by atoms with Crippen molar-refractivity contribution in [2.45, 2.75) is 12.2 Å². The third-order valence-electron chi connectivity index (χ3n) is 4.40. The number of hydrogen-bond donors (Lipinski definition) is 2. The number of aliphatic hydroxyl groups is 2. The zero-order valence-corrected chi connectivity index (χ0v) is 16.8. The van der Waals surface area contributed by atoms with Gasteiger partial charge in [0, 0.05) is 24.3 Å². The Hall–Kier alpha value is -2.84. The van der Waals surface area contributed by atoms with E-state index in [1.165, 1.54) is 42.7 Å². The molecule has 2 N–H and O–H groups in total. The van der Waals surface area contributed by atoms with Gasteiger partial charge in [0.25, 0.3) is 0 Å². The summed E-state index contributed by atoms with van der Waals surface area (Å²) < 4.78 is 31.9. The van der Waals surface area contributed by atoms with E-state index in [1.54, 1.807) is 24.3 Å². The minimum Gasteiger partial charge on any atom is -0.496 e. The summed E-state index contributed by atoms with van der Waals surface area (Å²) in [5.41, 5.74) is 0.524. The predicted molar refractivity (Wildman–Crippen MR) is 102 cm³/mol. The van der Waals surface area contributed by atoms with Crippen molar-refractivity contribution in [3.8, 4) is 34.5 Å². The summed E-state index contributed by atoms with van der Waals surface area (Å²) in [5.74, 6) is 2.17. The van der Waals surface area contributed by atoms with Crippen LogP contribution in [-0.4, -0.2) is 52.9 Å². The molecule has 0 radical (unpaired) electrons. The molecule has 8 heteroatoms. The summed E-state index contributed by atoms with van der Waals surface area (Å²) in [6.45, 7) is 0. The Morgan fingerprint density at radius 1 is 0.500 bits per heavy atom. The van der Waals surface area contributed by atoms with Crippen LogP contribution >= 0.6 is 0 Å². The number of methoxy groups -OCH3 is 6. The topological polar surface area (TPSA) is 95.8 Å².